The summed E-state index contributed by atoms with van der Waals surface area (Å²) in [7, 11) is 0. The summed E-state index contributed by atoms with van der Waals surface area (Å²) in [5, 5.41) is 7.83. The SMILES string of the molecule is Cc1ccc(N(c2cc(-c3ccccc3)ccc2C)c2cc(CC(C)(C)C)c3ccc4c(N(c5ccccc5)c5cc(-c6ccccc6)ccc5C)cc(CC(C)(C)C)c5ccc2c3c54)cc1. The van der Waals surface area contributed by atoms with Crippen molar-refractivity contribution >= 4 is 66.4 Å². The van der Waals surface area contributed by atoms with Gasteiger partial charge < -0.3 is 9.80 Å². The first kappa shape index (κ1) is 43.7. The summed E-state index contributed by atoms with van der Waals surface area (Å²) in [6, 6.07) is 70.4. The average molecular weight is 871 g/mol. The number of rotatable bonds is 10. The lowest BCUT2D eigenvalue weighted by atomic mass is 9.80. The number of hydrogen-bond acceptors (Lipinski definition) is 2. The fourth-order valence-electron chi connectivity index (χ4n) is 10.3. The van der Waals surface area contributed by atoms with Crippen LogP contribution < -0.4 is 9.80 Å². The summed E-state index contributed by atoms with van der Waals surface area (Å²) in [6.45, 7) is 20.9. The van der Waals surface area contributed by atoms with Gasteiger partial charge in [-0.2, -0.15) is 0 Å². The summed E-state index contributed by atoms with van der Waals surface area (Å²) in [5.74, 6) is 0. The zero-order chi connectivity index (χ0) is 46.6. The second-order valence-corrected chi connectivity index (χ2v) is 21.2. The minimum absolute atomic E-state index is 0.0476. The van der Waals surface area contributed by atoms with E-state index >= 15 is 0 Å². The maximum atomic E-state index is 2.55. The minimum Gasteiger partial charge on any atom is -0.310 e. The molecule has 0 fully saturated rings. The Bertz CT molecular complexity index is 3370. The second kappa shape index (κ2) is 17.2. The molecule has 0 saturated carbocycles. The molecular formula is C65H62N2. The average Bonchev–Trinajstić information content (AvgIpc) is 3.31. The molecule has 10 rings (SSSR count). The van der Waals surface area contributed by atoms with E-state index < -0.39 is 0 Å². The van der Waals surface area contributed by atoms with Crippen molar-refractivity contribution in [3.8, 4) is 22.3 Å². The Morgan fingerprint density at radius 1 is 0.328 bits per heavy atom. The van der Waals surface area contributed by atoms with Gasteiger partial charge in [0.05, 0.1) is 11.4 Å². The highest BCUT2D eigenvalue weighted by molar-refractivity contribution is 6.29. The first-order valence-corrected chi connectivity index (χ1v) is 24.0. The van der Waals surface area contributed by atoms with Gasteiger partial charge in [0.15, 0.2) is 0 Å². The van der Waals surface area contributed by atoms with Crippen LogP contribution in [0.3, 0.4) is 0 Å². The fourth-order valence-corrected chi connectivity index (χ4v) is 10.3. The van der Waals surface area contributed by atoms with Crippen molar-refractivity contribution in [2.45, 2.75) is 75.2 Å². The van der Waals surface area contributed by atoms with Crippen molar-refractivity contribution in [2.24, 2.45) is 10.8 Å². The van der Waals surface area contributed by atoms with Gasteiger partial charge in [0.25, 0.3) is 0 Å². The van der Waals surface area contributed by atoms with E-state index in [1.165, 1.54) is 105 Å². The third-order valence-corrected chi connectivity index (χ3v) is 13.4. The van der Waals surface area contributed by atoms with Crippen molar-refractivity contribution in [1.82, 2.24) is 0 Å². The number of aryl methyl sites for hydroxylation is 3. The van der Waals surface area contributed by atoms with Gasteiger partial charge in [-0.3, -0.25) is 0 Å². The van der Waals surface area contributed by atoms with E-state index in [-0.39, 0.29) is 10.8 Å². The highest BCUT2D eigenvalue weighted by atomic mass is 15.2. The van der Waals surface area contributed by atoms with Crippen LogP contribution >= 0.6 is 0 Å². The Hall–Kier alpha value is -7.16. The van der Waals surface area contributed by atoms with E-state index in [4.69, 9.17) is 0 Å². The van der Waals surface area contributed by atoms with Crippen molar-refractivity contribution < 1.29 is 0 Å². The van der Waals surface area contributed by atoms with E-state index in [2.05, 4.69) is 260 Å². The largest absolute Gasteiger partial charge is 0.310 e. The standard InChI is InChI=1S/C65H62N2/c1-43-25-31-53(32-26-43)67(59-38-49(30-28-45(59)3)47-21-15-11-16-22-47)61-40-51(42-65(7,8)9)55-33-35-56-60(39-50(41-64(4,5)6)54-34-36-57(61)63(55)62(54)56)66(52-23-17-12-18-24-52)58-37-48(29-27-44(58)2)46-19-13-10-14-20-46/h10-40H,41-42H2,1-9H3. The van der Waals surface area contributed by atoms with Gasteiger partial charge in [-0.15, -0.1) is 0 Å². The first-order chi connectivity index (χ1) is 32.2. The molecule has 0 saturated heterocycles. The third kappa shape index (κ3) is 8.58. The third-order valence-electron chi connectivity index (χ3n) is 13.4. The van der Waals surface area contributed by atoms with Crippen molar-refractivity contribution in [2.75, 3.05) is 9.80 Å². The zero-order valence-corrected chi connectivity index (χ0v) is 40.7. The molecular weight excluding hydrogens is 809 g/mol. The lowest BCUT2D eigenvalue weighted by Gasteiger charge is -2.33. The molecule has 332 valence electrons. The summed E-state index contributed by atoms with van der Waals surface area (Å²) in [4.78, 5) is 5.08. The van der Waals surface area contributed by atoms with E-state index in [1.807, 2.05) is 0 Å². The van der Waals surface area contributed by atoms with Gasteiger partial charge in [-0.25, -0.2) is 0 Å². The van der Waals surface area contributed by atoms with Gasteiger partial charge in [0.2, 0.25) is 0 Å². The molecule has 0 radical (unpaired) electrons. The minimum atomic E-state index is 0.0476. The zero-order valence-electron chi connectivity index (χ0n) is 40.7. The molecule has 10 aromatic carbocycles. The quantitative estimate of drug-likeness (QED) is 0.126. The van der Waals surface area contributed by atoms with Gasteiger partial charge in [-0.05, 0) is 159 Å². The molecule has 0 N–H and O–H groups in total. The van der Waals surface area contributed by atoms with Crippen molar-refractivity contribution in [3.05, 3.63) is 216 Å². The summed E-state index contributed by atoms with van der Waals surface area (Å²) in [6.07, 6.45) is 1.87. The molecule has 0 aliphatic rings. The Kier molecular flexibility index (Phi) is 11.3. The van der Waals surface area contributed by atoms with Crippen LogP contribution in [0, 0.1) is 31.6 Å². The molecule has 0 aliphatic heterocycles. The van der Waals surface area contributed by atoms with Crippen LogP contribution in [0.2, 0.25) is 0 Å². The molecule has 2 nitrogen and oxygen atoms in total. The maximum absolute atomic E-state index is 2.55. The maximum Gasteiger partial charge on any atom is 0.0543 e. The number of para-hydroxylation sites is 1. The molecule has 0 bridgehead atoms. The second-order valence-electron chi connectivity index (χ2n) is 21.2. The monoisotopic (exact) mass is 870 g/mol. The van der Waals surface area contributed by atoms with Crippen molar-refractivity contribution in [3.63, 3.8) is 0 Å². The van der Waals surface area contributed by atoms with Crippen LogP contribution in [0.5, 0.6) is 0 Å². The highest BCUT2D eigenvalue weighted by Crippen LogP contribution is 2.51. The molecule has 10 aromatic rings. The molecule has 0 aliphatic carbocycles. The number of hydrogen-bond donors (Lipinski definition) is 0. The fraction of sp³-hybridized carbons (Fsp3) is 0.200. The van der Waals surface area contributed by atoms with Crippen LogP contribution in [0.1, 0.15) is 69.4 Å². The highest BCUT2D eigenvalue weighted by Gasteiger charge is 2.28. The Morgan fingerprint density at radius 3 is 1.10 bits per heavy atom. The van der Waals surface area contributed by atoms with Gasteiger partial charge in [0, 0.05) is 33.5 Å². The normalized spacial score (nSPS) is 12.1. The molecule has 0 heterocycles. The van der Waals surface area contributed by atoms with Crippen LogP contribution in [0.25, 0.3) is 54.6 Å². The Balaban J connectivity index is 1.33. The Labute approximate surface area is 398 Å². The molecule has 67 heavy (non-hydrogen) atoms. The lowest BCUT2D eigenvalue weighted by molar-refractivity contribution is 0.412. The summed E-state index contributed by atoms with van der Waals surface area (Å²) >= 11 is 0. The van der Waals surface area contributed by atoms with E-state index in [0.717, 1.165) is 24.2 Å². The molecule has 0 amide bonds. The van der Waals surface area contributed by atoms with Crippen molar-refractivity contribution in [1.29, 1.82) is 0 Å². The van der Waals surface area contributed by atoms with E-state index in [9.17, 15) is 0 Å². The topological polar surface area (TPSA) is 6.48 Å². The predicted octanol–water partition coefficient (Wildman–Crippen LogP) is 19.0. The van der Waals surface area contributed by atoms with Gasteiger partial charge >= 0.3 is 0 Å². The lowest BCUT2D eigenvalue weighted by Crippen LogP contribution is -2.16. The summed E-state index contributed by atoms with van der Waals surface area (Å²) in [5.41, 5.74) is 18.4. The predicted molar refractivity (Wildman–Crippen MR) is 291 cm³/mol. The number of anilines is 6. The van der Waals surface area contributed by atoms with Crippen LogP contribution in [-0.2, 0) is 12.8 Å². The van der Waals surface area contributed by atoms with Crippen LogP contribution in [-0.4, -0.2) is 0 Å². The molecule has 2 heteroatoms. The molecule has 0 unspecified atom stereocenters. The van der Waals surface area contributed by atoms with E-state index in [0.29, 0.717) is 0 Å². The molecule has 0 atom stereocenters. The van der Waals surface area contributed by atoms with E-state index in [1.54, 1.807) is 0 Å². The van der Waals surface area contributed by atoms with Gasteiger partial charge in [-0.1, -0.05) is 187 Å². The van der Waals surface area contributed by atoms with Crippen LogP contribution in [0.4, 0.5) is 34.1 Å². The first-order valence-electron chi connectivity index (χ1n) is 24.0. The number of benzene rings is 10. The number of nitrogens with zero attached hydrogens (tertiary/aromatic N) is 2. The summed E-state index contributed by atoms with van der Waals surface area (Å²) < 4.78 is 0. The molecule has 0 spiro atoms. The Morgan fingerprint density at radius 2 is 0.701 bits per heavy atom. The van der Waals surface area contributed by atoms with Crippen LogP contribution in [0.15, 0.2) is 188 Å². The molecule has 0 aromatic heterocycles. The smallest absolute Gasteiger partial charge is 0.0543 e. The van der Waals surface area contributed by atoms with Gasteiger partial charge in [0.1, 0.15) is 0 Å².